The van der Waals surface area contributed by atoms with Gasteiger partial charge in [0.1, 0.15) is 0 Å². The van der Waals surface area contributed by atoms with Gasteiger partial charge in [-0.15, -0.1) is 0 Å². The summed E-state index contributed by atoms with van der Waals surface area (Å²) in [5.74, 6) is 1.13. The molecule has 1 aromatic rings. The molecule has 2 heterocycles. The average molecular weight is 404 g/mol. The molecule has 29 heavy (non-hydrogen) atoms. The second-order valence-electron chi connectivity index (χ2n) is 8.15. The van der Waals surface area contributed by atoms with E-state index >= 15 is 0 Å². The van der Waals surface area contributed by atoms with Gasteiger partial charge < -0.3 is 9.30 Å². The molecule has 4 heteroatoms. The average Bonchev–Trinajstić information content (AvgIpc) is 3.41. The molecule has 1 saturated carbocycles. The standard InChI is InChI=1S/C12H17N3.C9H16O.2C2H6/c1-9(2)11-10(3)15(8-14-11)7-12(6-13)4-5-12;1-7(2)9-6-10-5-4-8(9)3;2*1-2/h8-9H,4-5,7H2,1-3H3;7H,4-6H2,1-3H3;2*1-2H3. The summed E-state index contributed by atoms with van der Waals surface area (Å²) < 4.78 is 7.49. The van der Waals surface area contributed by atoms with Gasteiger partial charge in [0.25, 0.3) is 0 Å². The fraction of sp³-hybridized carbons (Fsp3) is 0.760. The number of imidazole rings is 1. The van der Waals surface area contributed by atoms with Crippen LogP contribution in [0.1, 0.15) is 98.9 Å². The van der Waals surface area contributed by atoms with Gasteiger partial charge in [0.15, 0.2) is 0 Å². The van der Waals surface area contributed by atoms with Crippen LogP contribution >= 0.6 is 0 Å². The highest BCUT2D eigenvalue weighted by Gasteiger charge is 2.43. The Hall–Kier alpha value is -1.60. The SMILES string of the molecule is CC.CC.CC1=C(C(C)C)COCC1.Cc1c(C(C)C)ncn1CC1(C#N)CC1. The highest BCUT2D eigenvalue weighted by Crippen LogP contribution is 2.46. The van der Waals surface area contributed by atoms with Crippen LogP contribution in [0.15, 0.2) is 17.5 Å². The molecule has 166 valence electrons. The largest absolute Gasteiger partial charge is 0.377 e. The molecule has 2 aliphatic rings. The summed E-state index contributed by atoms with van der Waals surface area (Å²) in [7, 11) is 0. The summed E-state index contributed by atoms with van der Waals surface area (Å²) in [6.07, 6.45) is 5.09. The minimum Gasteiger partial charge on any atom is -0.377 e. The molecule has 0 aromatic carbocycles. The Bertz CT molecular complexity index is 658. The zero-order valence-electron chi connectivity index (χ0n) is 20.7. The molecule has 1 aromatic heterocycles. The Morgan fingerprint density at radius 1 is 1.10 bits per heavy atom. The molecule has 4 nitrogen and oxygen atoms in total. The van der Waals surface area contributed by atoms with Crippen molar-refractivity contribution in [1.29, 1.82) is 5.26 Å². The first-order chi connectivity index (χ1) is 13.8. The Balaban J connectivity index is 0.000000488. The fourth-order valence-corrected chi connectivity index (χ4v) is 3.32. The second kappa shape index (κ2) is 13.6. The van der Waals surface area contributed by atoms with Crippen LogP contribution in [0.5, 0.6) is 0 Å². The molecule has 1 aliphatic heterocycles. The van der Waals surface area contributed by atoms with Gasteiger partial charge in [0, 0.05) is 12.2 Å². The third-order valence-electron chi connectivity index (χ3n) is 5.37. The number of ether oxygens (including phenoxy) is 1. The maximum Gasteiger partial charge on any atom is 0.0952 e. The van der Waals surface area contributed by atoms with Crippen LogP contribution < -0.4 is 0 Å². The second-order valence-corrected chi connectivity index (χ2v) is 8.15. The molecule has 0 unspecified atom stereocenters. The van der Waals surface area contributed by atoms with Gasteiger partial charge in [-0.2, -0.15) is 5.26 Å². The molecule has 0 saturated heterocycles. The Kier molecular flexibility index (Phi) is 12.8. The summed E-state index contributed by atoms with van der Waals surface area (Å²) in [6.45, 7) is 23.7. The molecule has 0 amide bonds. The van der Waals surface area contributed by atoms with E-state index in [1.807, 2.05) is 34.0 Å². The van der Waals surface area contributed by atoms with Gasteiger partial charge in [-0.25, -0.2) is 4.98 Å². The van der Waals surface area contributed by atoms with E-state index in [1.165, 1.54) is 11.3 Å². The molecular formula is C25H45N3O. The van der Waals surface area contributed by atoms with Gasteiger partial charge in [0.05, 0.1) is 36.7 Å². The maximum atomic E-state index is 9.04. The van der Waals surface area contributed by atoms with Crippen molar-refractivity contribution in [3.8, 4) is 6.07 Å². The van der Waals surface area contributed by atoms with Crippen molar-refractivity contribution < 1.29 is 4.74 Å². The number of rotatable bonds is 4. The number of nitrogens with zero attached hydrogens (tertiary/aromatic N) is 3. The molecule has 0 radical (unpaired) electrons. The summed E-state index contributed by atoms with van der Waals surface area (Å²) in [5, 5.41) is 9.04. The first-order valence-electron chi connectivity index (χ1n) is 11.5. The van der Waals surface area contributed by atoms with E-state index in [0.717, 1.165) is 44.7 Å². The lowest BCUT2D eigenvalue weighted by Gasteiger charge is -2.20. The van der Waals surface area contributed by atoms with Crippen molar-refractivity contribution >= 4 is 0 Å². The van der Waals surface area contributed by atoms with Crippen LogP contribution in [-0.2, 0) is 11.3 Å². The molecule has 0 spiro atoms. The van der Waals surface area contributed by atoms with Crippen molar-refractivity contribution in [3.63, 3.8) is 0 Å². The third kappa shape index (κ3) is 8.34. The van der Waals surface area contributed by atoms with Crippen molar-refractivity contribution in [3.05, 3.63) is 28.9 Å². The predicted molar refractivity (Wildman–Crippen MR) is 124 cm³/mol. The van der Waals surface area contributed by atoms with E-state index in [4.69, 9.17) is 10.00 Å². The summed E-state index contributed by atoms with van der Waals surface area (Å²) >= 11 is 0. The molecule has 1 fully saturated rings. The van der Waals surface area contributed by atoms with Crippen molar-refractivity contribution in [1.82, 2.24) is 9.55 Å². The summed E-state index contributed by atoms with van der Waals surface area (Å²) in [6, 6.07) is 2.42. The topological polar surface area (TPSA) is 50.8 Å². The Morgan fingerprint density at radius 2 is 1.69 bits per heavy atom. The molecule has 3 rings (SSSR count). The zero-order valence-corrected chi connectivity index (χ0v) is 20.7. The van der Waals surface area contributed by atoms with E-state index in [1.54, 1.807) is 5.57 Å². The van der Waals surface area contributed by atoms with Crippen LogP contribution in [0.4, 0.5) is 0 Å². The van der Waals surface area contributed by atoms with Gasteiger partial charge >= 0.3 is 0 Å². The lowest BCUT2D eigenvalue weighted by atomic mass is 9.96. The van der Waals surface area contributed by atoms with Crippen LogP contribution in [0.2, 0.25) is 0 Å². The van der Waals surface area contributed by atoms with E-state index < -0.39 is 0 Å². The normalized spacial score (nSPS) is 16.7. The lowest BCUT2D eigenvalue weighted by molar-refractivity contribution is 0.140. The van der Waals surface area contributed by atoms with Crippen LogP contribution in [0.3, 0.4) is 0 Å². The van der Waals surface area contributed by atoms with Gasteiger partial charge in [-0.1, -0.05) is 61.0 Å². The van der Waals surface area contributed by atoms with E-state index in [2.05, 4.69) is 57.2 Å². The van der Waals surface area contributed by atoms with Gasteiger partial charge in [-0.3, -0.25) is 0 Å². The van der Waals surface area contributed by atoms with E-state index in [0.29, 0.717) is 11.8 Å². The monoisotopic (exact) mass is 403 g/mol. The number of aromatic nitrogens is 2. The molecule has 1 aliphatic carbocycles. The minimum atomic E-state index is -0.0836. The molecular weight excluding hydrogens is 358 g/mol. The third-order valence-corrected chi connectivity index (χ3v) is 5.37. The zero-order chi connectivity index (χ0) is 22.6. The fourth-order valence-electron chi connectivity index (χ4n) is 3.32. The predicted octanol–water partition coefficient (Wildman–Crippen LogP) is 7.05. The van der Waals surface area contributed by atoms with Crippen molar-refractivity contribution in [2.45, 2.75) is 101 Å². The molecule has 0 bridgehead atoms. The molecule has 0 N–H and O–H groups in total. The Morgan fingerprint density at radius 3 is 2.03 bits per heavy atom. The van der Waals surface area contributed by atoms with Gasteiger partial charge in [0.2, 0.25) is 0 Å². The highest BCUT2D eigenvalue weighted by molar-refractivity contribution is 5.18. The summed E-state index contributed by atoms with van der Waals surface area (Å²) in [4.78, 5) is 4.42. The Labute approximate surface area is 180 Å². The van der Waals surface area contributed by atoms with E-state index in [9.17, 15) is 0 Å². The van der Waals surface area contributed by atoms with Crippen LogP contribution in [0.25, 0.3) is 0 Å². The van der Waals surface area contributed by atoms with Crippen LogP contribution in [-0.4, -0.2) is 22.8 Å². The number of hydrogen-bond acceptors (Lipinski definition) is 3. The van der Waals surface area contributed by atoms with E-state index in [-0.39, 0.29) is 5.41 Å². The quantitative estimate of drug-likeness (QED) is 0.506. The van der Waals surface area contributed by atoms with Gasteiger partial charge in [-0.05, 0) is 50.5 Å². The lowest BCUT2D eigenvalue weighted by Crippen LogP contribution is -2.13. The first-order valence-corrected chi connectivity index (χ1v) is 11.5. The maximum absolute atomic E-state index is 9.04. The smallest absolute Gasteiger partial charge is 0.0952 e. The van der Waals surface area contributed by atoms with Crippen molar-refractivity contribution in [2.24, 2.45) is 11.3 Å². The number of nitriles is 1. The van der Waals surface area contributed by atoms with Crippen molar-refractivity contribution in [2.75, 3.05) is 13.2 Å². The number of hydrogen-bond donors (Lipinski definition) is 0. The summed E-state index contributed by atoms with van der Waals surface area (Å²) in [5.41, 5.74) is 5.34. The molecule has 0 atom stereocenters. The first kappa shape index (κ1) is 27.4. The minimum absolute atomic E-state index is 0.0836. The van der Waals surface area contributed by atoms with Crippen LogP contribution in [0, 0.1) is 29.6 Å². The highest BCUT2D eigenvalue weighted by atomic mass is 16.5.